The summed E-state index contributed by atoms with van der Waals surface area (Å²) in [5.41, 5.74) is -2.09. The Morgan fingerprint density at radius 1 is 0.938 bits per heavy atom. The maximum Gasteiger partial charge on any atom is 0.534 e. The molecule has 1 fully saturated rings. The molecular formula is C25H31F3O3S. The van der Waals surface area contributed by atoms with Crippen molar-refractivity contribution in [2.75, 3.05) is 0 Å². The van der Waals surface area contributed by atoms with Gasteiger partial charge in [-0.05, 0) is 78.8 Å². The van der Waals surface area contributed by atoms with Crippen LogP contribution in [-0.2, 0) is 10.1 Å². The number of hydrogen-bond acceptors (Lipinski definition) is 3. The van der Waals surface area contributed by atoms with Crippen LogP contribution >= 0.6 is 0 Å². The van der Waals surface area contributed by atoms with Crippen molar-refractivity contribution in [3.63, 3.8) is 0 Å². The lowest BCUT2D eigenvalue weighted by atomic mass is 9.77. The summed E-state index contributed by atoms with van der Waals surface area (Å²) in [7, 11) is -5.68. The van der Waals surface area contributed by atoms with Crippen LogP contribution in [0.2, 0.25) is 0 Å². The first-order valence-corrected chi connectivity index (χ1v) is 12.7. The van der Waals surface area contributed by atoms with E-state index in [0.717, 1.165) is 17.0 Å². The van der Waals surface area contributed by atoms with Gasteiger partial charge in [0.05, 0.1) is 0 Å². The van der Waals surface area contributed by atoms with Gasteiger partial charge in [0.25, 0.3) is 0 Å². The first kappa shape index (κ1) is 24.6. The second-order valence-electron chi connectivity index (χ2n) is 8.80. The van der Waals surface area contributed by atoms with Crippen molar-refractivity contribution < 1.29 is 25.8 Å². The Morgan fingerprint density at radius 3 is 2.12 bits per heavy atom. The minimum atomic E-state index is -5.68. The maximum atomic E-state index is 12.6. The Hall–Kier alpha value is -2.02. The molecule has 3 rings (SSSR count). The second kappa shape index (κ2) is 10.3. The summed E-state index contributed by atoms with van der Waals surface area (Å²) >= 11 is 0. The largest absolute Gasteiger partial charge is 0.534 e. The van der Waals surface area contributed by atoms with Crippen molar-refractivity contribution in [2.24, 2.45) is 5.92 Å². The summed E-state index contributed by atoms with van der Waals surface area (Å²) < 4.78 is 64.5. The van der Waals surface area contributed by atoms with Gasteiger partial charge in [0.15, 0.2) is 0 Å². The van der Waals surface area contributed by atoms with Gasteiger partial charge in [0.2, 0.25) is 0 Å². The number of alkyl halides is 3. The fourth-order valence-electron chi connectivity index (χ4n) is 4.50. The molecular weight excluding hydrogens is 437 g/mol. The molecule has 0 aromatic heterocycles. The van der Waals surface area contributed by atoms with Crippen molar-refractivity contribution in [3.05, 3.63) is 53.6 Å². The van der Waals surface area contributed by atoms with Crippen molar-refractivity contribution in [1.82, 2.24) is 0 Å². The van der Waals surface area contributed by atoms with Gasteiger partial charge in [-0.25, -0.2) is 0 Å². The number of rotatable bonds is 8. The fourth-order valence-corrected chi connectivity index (χ4v) is 5.02. The van der Waals surface area contributed by atoms with Crippen LogP contribution in [0, 0.1) is 12.8 Å². The minimum absolute atomic E-state index is 0.320. The van der Waals surface area contributed by atoms with Crippen molar-refractivity contribution >= 4 is 10.1 Å². The third kappa shape index (κ3) is 6.06. The number of hydrogen-bond donors (Lipinski definition) is 0. The van der Waals surface area contributed by atoms with Crippen LogP contribution in [0.25, 0.3) is 11.1 Å². The van der Waals surface area contributed by atoms with Gasteiger partial charge in [0.1, 0.15) is 5.75 Å². The average Bonchev–Trinajstić information content (AvgIpc) is 2.75. The molecule has 0 atom stereocenters. The van der Waals surface area contributed by atoms with Crippen LogP contribution in [0.1, 0.15) is 75.3 Å². The van der Waals surface area contributed by atoms with Crippen molar-refractivity contribution in [3.8, 4) is 16.9 Å². The third-order valence-corrected chi connectivity index (χ3v) is 7.40. The molecule has 7 heteroatoms. The Kier molecular flexibility index (Phi) is 7.91. The van der Waals surface area contributed by atoms with E-state index < -0.39 is 15.6 Å². The summed E-state index contributed by atoms with van der Waals surface area (Å²) in [5.74, 6) is 1.12. The first-order chi connectivity index (χ1) is 15.1. The van der Waals surface area contributed by atoms with Gasteiger partial charge >= 0.3 is 15.6 Å². The Balaban J connectivity index is 1.63. The van der Waals surface area contributed by atoms with Crippen LogP contribution < -0.4 is 4.18 Å². The smallest absolute Gasteiger partial charge is 0.376 e. The van der Waals surface area contributed by atoms with E-state index in [4.69, 9.17) is 0 Å². The minimum Gasteiger partial charge on any atom is -0.376 e. The summed E-state index contributed by atoms with van der Waals surface area (Å²) in [6, 6.07) is 12.8. The molecule has 2 aromatic carbocycles. The summed E-state index contributed by atoms with van der Waals surface area (Å²) in [5, 5.41) is 0. The molecule has 1 saturated carbocycles. The highest BCUT2D eigenvalue weighted by Crippen LogP contribution is 2.38. The average molecular weight is 469 g/mol. The van der Waals surface area contributed by atoms with E-state index in [9.17, 15) is 21.6 Å². The molecule has 32 heavy (non-hydrogen) atoms. The van der Waals surface area contributed by atoms with E-state index in [0.29, 0.717) is 11.5 Å². The van der Waals surface area contributed by atoms with Gasteiger partial charge in [-0.3, -0.25) is 0 Å². The summed E-state index contributed by atoms with van der Waals surface area (Å²) in [4.78, 5) is 0. The van der Waals surface area contributed by atoms with E-state index in [1.165, 1.54) is 69.9 Å². The second-order valence-corrected chi connectivity index (χ2v) is 10.3. The SMILES string of the molecule is CCCCC[C@H]1CC[C@H](c2ccc(-c3ccc(OS(=O)(=O)C(F)(F)F)c(C)c3)cc2)CC1. The highest BCUT2D eigenvalue weighted by atomic mass is 32.2. The number of unbranched alkanes of at least 4 members (excludes halogenated alkanes) is 2. The Bertz CT molecular complexity index is 990. The van der Waals surface area contributed by atoms with Crippen LogP contribution in [0.4, 0.5) is 13.2 Å². The summed E-state index contributed by atoms with van der Waals surface area (Å²) in [6.45, 7) is 3.76. The lowest BCUT2D eigenvalue weighted by molar-refractivity contribution is -0.0500. The van der Waals surface area contributed by atoms with Gasteiger partial charge in [-0.2, -0.15) is 21.6 Å². The van der Waals surface area contributed by atoms with Crippen LogP contribution in [0.3, 0.4) is 0 Å². The molecule has 2 aromatic rings. The Morgan fingerprint density at radius 2 is 1.56 bits per heavy atom. The molecule has 0 saturated heterocycles. The molecule has 0 heterocycles. The predicted octanol–water partition coefficient (Wildman–Crippen LogP) is 7.74. The topological polar surface area (TPSA) is 43.4 Å². The van der Waals surface area contributed by atoms with Crippen molar-refractivity contribution in [1.29, 1.82) is 0 Å². The third-order valence-electron chi connectivity index (χ3n) is 6.44. The highest BCUT2D eigenvalue weighted by molar-refractivity contribution is 7.88. The monoisotopic (exact) mass is 468 g/mol. The fraction of sp³-hybridized carbons (Fsp3) is 0.520. The number of halogens is 3. The van der Waals surface area contributed by atoms with Gasteiger partial charge < -0.3 is 4.18 Å². The molecule has 0 aliphatic heterocycles. The van der Waals surface area contributed by atoms with Crippen LogP contribution in [0.5, 0.6) is 5.75 Å². The summed E-state index contributed by atoms with van der Waals surface area (Å²) in [6.07, 6.45) is 10.3. The van der Waals surface area contributed by atoms with Gasteiger partial charge in [0, 0.05) is 0 Å². The van der Waals surface area contributed by atoms with E-state index in [-0.39, 0.29) is 5.75 Å². The normalized spacial score (nSPS) is 19.7. The number of aryl methyl sites for hydroxylation is 1. The van der Waals surface area contributed by atoms with E-state index >= 15 is 0 Å². The molecule has 0 N–H and O–H groups in total. The van der Waals surface area contributed by atoms with E-state index in [2.05, 4.69) is 23.2 Å². The van der Waals surface area contributed by atoms with Gasteiger partial charge in [-0.1, -0.05) is 62.9 Å². The van der Waals surface area contributed by atoms with Gasteiger partial charge in [-0.15, -0.1) is 0 Å². The van der Waals surface area contributed by atoms with Crippen LogP contribution in [-0.4, -0.2) is 13.9 Å². The zero-order chi connectivity index (χ0) is 23.4. The molecule has 176 valence electrons. The zero-order valence-electron chi connectivity index (χ0n) is 18.6. The Labute approximate surface area is 189 Å². The van der Waals surface area contributed by atoms with E-state index in [1.54, 1.807) is 12.1 Å². The molecule has 0 radical (unpaired) electrons. The predicted molar refractivity (Wildman–Crippen MR) is 121 cm³/mol. The highest BCUT2D eigenvalue weighted by Gasteiger charge is 2.48. The lowest BCUT2D eigenvalue weighted by Crippen LogP contribution is -2.28. The molecule has 0 spiro atoms. The lowest BCUT2D eigenvalue weighted by Gasteiger charge is -2.29. The standard InChI is InChI=1S/C25H31F3O3S/c1-3-4-5-6-19-7-9-20(10-8-19)21-11-13-22(14-12-21)23-15-16-24(18(2)17-23)31-32(29,30)25(26,27)28/h11-17,19-20H,3-10H2,1-2H3/t19-,20-. The molecule has 0 bridgehead atoms. The van der Waals surface area contributed by atoms with E-state index in [1.807, 2.05) is 12.1 Å². The molecule has 1 aliphatic rings. The molecule has 1 aliphatic carbocycles. The molecule has 0 unspecified atom stereocenters. The first-order valence-electron chi connectivity index (χ1n) is 11.3. The van der Waals surface area contributed by atoms with Crippen molar-refractivity contribution in [2.45, 2.75) is 76.6 Å². The zero-order valence-corrected chi connectivity index (χ0v) is 19.4. The maximum absolute atomic E-state index is 12.6. The van der Waals surface area contributed by atoms with Crippen LogP contribution in [0.15, 0.2) is 42.5 Å². The number of benzene rings is 2. The molecule has 0 amide bonds. The quantitative estimate of drug-likeness (QED) is 0.226. The molecule has 3 nitrogen and oxygen atoms in total.